The third-order valence-corrected chi connectivity index (χ3v) is 2.21. The highest BCUT2D eigenvalue weighted by molar-refractivity contribution is 5.09. The van der Waals surface area contributed by atoms with Crippen LogP contribution in [0.25, 0.3) is 0 Å². The Morgan fingerprint density at radius 3 is 3.00 bits per heavy atom. The van der Waals surface area contributed by atoms with Crippen LogP contribution in [-0.4, -0.2) is 43.8 Å². The minimum atomic E-state index is -0.671. The average molecular weight is 200 g/mol. The normalized spacial score (nSPS) is 32.3. The minimum absolute atomic E-state index is 0.163. The highest BCUT2D eigenvalue weighted by Gasteiger charge is 2.34. The maximum Gasteiger partial charge on any atom is 0.239 e. The second-order valence-electron chi connectivity index (χ2n) is 3.20. The first kappa shape index (κ1) is 9.38. The summed E-state index contributed by atoms with van der Waals surface area (Å²) in [6.45, 7) is -0.207. The maximum atomic E-state index is 9.45. The maximum absolute atomic E-state index is 9.45. The summed E-state index contributed by atoms with van der Waals surface area (Å²) < 4.78 is 6.77. The van der Waals surface area contributed by atoms with E-state index in [1.807, 2.05) is 0 Å². The van der Waals surface area contributed by atoms with Crippen molar-refractivity contribution in [2.24, 2.45) is 0 Å². The molecule has 0 amide bonds. The van der Waals surface area contributed by atoms with Crippen molar-refractivity contribution in [3.05, 3.63) is 6.33 Å². The van der Waals surface area contributed by atoms with Gasteiger partial charge in [0.25, 0.3) is 0 Å². The summed E-state index contributed by atoms with van der Waals surface area (Å²) in [6, 6.07) is 0. The van der Waals surface area contributed by atoms with Crippen LogP contribution in [0.5, 0.6) is 0 Å². The van der Waals surface area contributed by atoms with Gasteiger partial charge in [-0.2, -0.15) is 0 Å². The Balaban J connectivity index is 2.08. The molecule has 14 heavy (non-hydrogen) atoms. The lowest BCUT2D eigenvalue weighted by Crippen LogP contribution is -2.24. The standard InChI is InChI=1S/C7H12N4O3/c8-7-9-3-11(10-7)6-1-4(13)5(2-12)14-6/h3-6,12-13H,1-2H2,(H2,8,10)/t4-,5+,6?/m0/s1. The third kappa shape index (κ3) is 1.57. The lowest BCUT2D eigenvalue weighted by molar-refractivity contribution is -0.0484. The van der Waals surface area contributed by atoms with Gasteiger partial charge in [0, 0.05) is 6.42 Å². The number of nitrogens with two attached hydrogens (primary N) is 1. The predicted octanol–water partition coefficient (Wildman–Crippen LogP) is -1.50. The van der Waals surface area contributed by atoms with Gasteiger partial charge in [0.1, 0.15) is 12.4 Å². The minimum Gasteiger partial charge on any atom is -0.394 e. The zero-order valence-electron chi connectivity index (χ0n) is 7.45. The number of hydrogen-bond donors (Lipinski definition) is 3. The first-order chi connectivity index (χ1) is 6.70. The van der Waals surface area contributed by atoms with Gasteiger partial charge in [-0.1, -0.05) is 0 Å². The molecule has 0 aromatic carbocycles. The molecule has 2 heterocycles. The van der Waals surface area contributed by atoms with Crippen molar-refractivity contribution < 1.29 is 14.9 Å². The first-order valence-electron chi connectivity index (χ1n) is 4.31. The highest BCUT2D eigenvalue weighted by atomic mass is 16.5. The van der Waals surface area contributed by atoms with Crippen molar-refractivity contribution in [1.29, 1.82) is 0 Å². The molecule has 1 fully saturated rings. The van der Waals surface area contributed by atoms with Gasteiger partial charge in [0.05, 0.1) is 12.7 Å². The number of aromatic nitrogens is 3. The highest BCUT2D eigenvalue weighted by Crippen LogP contribution is 2.27. The van der Waals surface area contributed by atoms with E-state index in [1.54, 1.807) is 0 Å². The van der Waals surface area contributed by atoms with Crippen LogP contribution >= 0.6 is 0 Å². The lowest BCUT2D eigenvalue weighted by atomic mass is 10.2. The Kier molecular flexibility index (Phi) is 2.36. The van der Waals surface area contributed by atoms with E-state index in [1.165, 1.54) is 11.0 Å². The van der Waals surface area contributed by atoms with Crippen LogP contribution in [0.15, 0.2) is 6.33 Å². The van der Waals surface area contributed by atoms with Crippen LogP contribution < -0.4 is 5.73 Å². The van der Waals surface area contributed by atoms with E-state index < -0.39 is 18.4 Å². The Hall–Kier alpha value is -1.18. The molecule has 0 bridgehead atoms. The molecule has 78 valence electrons. The number of nitrogens with zero attached hydrogens (tertiary/aromatic N) is 3. The molecule has 1 aromatic heterocycles. The molecular formula is C7H12N4O3. The number of hydrogen-bond acceptors (Lipinski definition) is 6. The van der Waals surface area contributed by atoms with E-state index >= 15 is 0 Å². The molecule has 0 spiro atoms. The van der Waals surface area contributed by atoms with Gasteiger partial charge in [-0.3, -0.25) is 0 Å². The number of rotatable bonds is 2. The molecular weight excluding hydrogens is 188 g/mol. The number of aliphatic hydroxyl groups excluding tert-OH is 2. The Morgan fingerprint density at radius 1 is 1.71 bits per heavy atom. The summed E-state index contributed by atoms with van der Waals surface area (Å²) in [5, 5.41) is 22.2. The van der Waals surface area contributed by atoms with Crippen molar-refractivity contribution in [1.82, 2.24) is 14.8 Å². The summed E-state index contributed by atoms with van der Waals surface area (Å²) in [5.41, 5.74) is 5.34. The lowest BCUT2D eigenvalue weighted by Gasteiger charge is -2.11. The second-order valence-corrected chi connectivity index (χ2v) is 3.20. The SMILES string of the molecule is Nc1ncn(C2C[C@H](O)[C@@H](CO)O2)n1. The van der Waals surface area contributed by atoms with E-state index in [0.717, 1.165) is 0 Å². The molecule has 7 heteroatoms. The van der Waals surface area contributed by atoms with Crippen molar-refractivity contribution in [2.45, 2.75) is 24.9 Å². The van der Waals surface area contributed by atoms with E-state index in [2.05, 4.69) is 10.1 Å². The Labute approximate surface area is 80.1 Å². The molecule has 1 aliphatic rings. The van der Waals surface area contributed by atoms with Crippen molar-refractivity contribution >= 4 is 5.95 Å². The summed E-state index contributed by atoms with van der Waals surface area (Å²) in [4.78, 5) is 3.74. The molecule has 3 atom stereocenters. The van der Waals surface area contributed by atoms with E-state index in [9.17, 15) is 5.11 Å². The van der Waals surface area contributed by atoms with Crippen LogP contribution in [0.2, 0.25) is 0 Å². The zero-order valence-corrected chi connectivity index (χ0v) is 7.45. The number of nitrogen functional groups attached to an aromatic ring is 1. The van der Waals surface area contributed by atoms with Crippen LogP contribution in [-0.2, 0) is 4.74 Å². The van der Waals surface area contributed by atoms with Gasteiger partial charge in [-0.25, -0.2) is 9.67 Å². The summed E-state index contributed by atoms with van der Waals surface area (Å²) in [5.74, 6) is 0.163. The van der Waals surface area contributed by atoms with Gasteiger partial charge in [0.15, 0.2) is 6.23 Å². The summed E-state index contributed by atoms with van der Waals surface area (Å²) >= 11 is 0. The zero-order chi connectivity index (χ0) is 10.1. The van der Waals surface area contributed by atoms with Crippen molar-refractivity contribution in [3.8, 4) is 0 Å². The van der Waals surface area contributed by atoms with E-state index in [0.29, 0.717) is 6.42 Å². The largest absolute Gasteiger partial charge is 0.394 e. The van der Waals surface area contributed by atoms with Gasteiger partial charge in [0.2, 0.25) is 5.95 Å². The molecule has 1 aromatic rings. The third-order valence-electron chi connectivity index (χ3n) is 2.21. The van der Waals surface area contributed by atoms with E-state index in [-0.39, 0.29) is 12.6 Å². The predicted molar refractivity (Wildman–Crippen MR) is 46.1 cm³/mol. The van der Waals surface area contributed by atoms with Gasteiger partial charge >= 0.3 is 0 Å². The molecule has 7 nitrogen and oxygen atoms in total. The Morgan fingerprint density at radius 2 is 2.50 bits per heavy atom. The quantitative estimate of drug-likeness (QED) is 0.536. The molecule has 2 rings (SSSR count). The second kappa shape index (κ2) is 3.52. The van der Waals surface area contributed by atoms with Gasteiger partial charge in [-0.15, -0.1) is 5.10 Å². The topological polar surface area (TPSA) is 106 Å². The molecule has 1 aliphatic heterocycles. The molecule has 0 saturated carbocycles. The summed E-state index contributed by atoms with van der Waals surface area (Å²) in [7, 11) is 0. The molecule has 1 saturated heterocycles. The van der Waals surface area contributed by atoms with Gasteiger partial charge < -0.3 is 20.7 Å². The molecule has 0 aliphatic carbocycles. The van der Waals surface area contributed by atoms with Crippen LogP contribution in [0.1, 0.15) is 12.6 Å². The monoisotopic (exact) mass is 200 g/mol. The fourth-order valence-electron chi connectivity index (χ4n) is 1.47. The smallest absolute Gasteiger partial charge is 0.239 e. The first-order valence-corrected chi connectivity index (χ1v) is 4.31. The fraction of sp³-hybridized carbons (Fsp3) is 0.714. The number of ether oxygens (including phenoxy) is 1. The van der Waals surface area contributed by atoms with Crippen LogP contribution in [0.3, 0.4) is 0 Å². The average Bonchev–Trinajstić information content (AvgIpc) is 2.71. The number of anilines is 1. The van der Waals surface area contributed by atoms with Crippen molar-refractivity contribution in [3.63, 3.8) is 0 Å². The van der Waals surface area contributed by atoms with E-state index in [4.69, 9.17) is 15.6 Å². The number of aliphatic hydroxyl groups is 2. The van der Waals surface area contributed by atoms with Crippen LogP contribution in [0, 0.1) is 0 Å². The van der Waals surface area contributed by atoms with Crippen LogP contribution in [0.4, 0.5) is 5.95 Å². The van der Waals surface area contributed by atoms with Gasteiger partial charge in [-0.05, 0) is 0 Å². The molecule has 4 N–H and O–H groups in total. The Bertz CT molecular complexity index is 316. The fourth-order valence-corrected chi connectivity index (χ4v) is 1.47. The molecule has 1 unspecified atom stereocenters. The van der Waals surface area contributed by atoms with Crippen molar-refractivity contribution in [2.75, 3.05) is 12.3 Å². The molecule has 0 radical (unpaired) electrons. The summed E-state index contributed by atoms with van der Waals surface area (Å²) in [6.07, 6.45) is 0.202.